The predicted molar refractivity (Wildman–Crippen MR) is 131 cm³/mol. The Labute approximate surface area is 185 Å². The first-order valence-corrected chi connectivity index (χ1v) is 11.7. The van der Waals surface area contributed by atoms with E-state index in [1.807, 2.05) is 0 Å². The Morgan fingerprint density at radius 3 is 2.10 bits per heavy atom. The van der Waals surface area contributed by atoms with Gasteiger partial charge in [-0.05, 0) is 55.9 Å². The van der Waals surface area contributed by atoms with Crippen LogP contribution in [0.15, 0.2) is 42.6 Å². The maximum atomic E-state index is 5.26. The molecule has 0 aliphatic heterocycles. The number of hydrogen-bond acceptors (Lipinski definition) is 1. The van der Waals surface area contributed by atoms with Crippen LogP contribution >= 0.6 is 0 Å². The van der Waals surface area contributed by atoms with Crippen LogP contribution in [0.3, 0.4) is 0 Å². The van der Waals surface area contributed by atoms with Crippen LogP contribution in [0, 0.1) is 10.8 Å². The molecule has 2 heteroatoms. The van der Waals surface area contributed by atoms with E-state index in [0.717, 1.165) is 11.2 Å². The fourth-order valence-corrected chi connectivity index (χ4v) is 7.52. The van der Waals surface area contributed by atoms with Crippen LogP contribution in [0.2, 0.25) is 0 Å². The summed E-state index contributed by atoms with van der Waals surface area (Å²) in [5.41, 5.74) is 8.57. The minimum atomic E-state index is 0.0285. The highest BCUT2D eigenvalue weighted by Gasteiger charge is 2.72. The van der Waals surface area contributed by atoms with E-state index in [4.69, 9.17) is 4.98 Å². The number of nitrogens with zero attached hydrogens (tertiary/aromatic N) is 2. The van der Waals surface area contributed by atoms with Crippen LogP contribution in [0.5, 0.6) is 0 Å². The zero-order valence-electron chi connectivity index (χ0n) is 20.4. The molecule has 1 unspecified atom stereocenters. The molecule has 2 aromatic heterocycles. The van der Waals surface area contributed by atoms with Gasteiger partial charge in [-0.25, -0.2) is 4.98 Å². The molecule has 0 amide bonds. The van der Waals surface area contributed by atoms with E-state index in [1.54, 1.807) is 5.56 Å². The van der Waals surface area contributed by atoms with Crippen molar-refractivity contribution in [2.45, 2.75) is 78.6 Å². The van der Waals surface area contributed by atoms with Crippen LogP contribution in [-0.4, -0.2) is 9.38 Å². The smallest absolute Gasteiger partial charge is 0.145 e. The van der Waals surface area contributed by atoms with Crippen LogP contribution in [-0.2, 0) is 16.2 Å². The monoisotopic (exact) mass is 410 g/mol. The molecule has 31 heavy (non-hydrogen) atoms. The fourth-order valence-electron chi connectivity index (χ4n) is 7.52. The first-order chi connectivity index (χ1) is 14.3. The number of aromatic nitrogens is 2. The Hall–Kier alpha value is -2.35. The lowest BCUT2D eigenvalue weighted by atomic mass is 9.47. The summed E-state index contributed by atoms with van der Waals surface area (Å²) in [6, 6.07) is 13.3. The Bertz CT molecular complexity index is 1440. The van der Waals surface area contributed by atoms with Gasteiger partial charge in [0.2, 0.25) is 0 Å². The third-order valence-electron chi connectivity index (χ3n) is 11.0. The third kappa shape index (κ3) is 1.69. The topological polar surface area (TPSA) is 17.3 Å². The van der Waals surface area contributed by atoms with Crippen molar-refractivity contribution < 1.29 is 0 Å². The first kappa shape index (κ1) is 19.3. The molecular formula is C29H34N2. The van der Waals surface area contributed by atoms with Gasteiger partial charge in [-0.3, -0.25) is 4.40 Å². The maximum Gasteiger partial charge on any atom is 0.145 e. The molecule has 1 atom stereocenters. The number of benzene rings is 2. The second kappa shape index (κ2) is 5.00. The van der Waals surface area contributed by atoms with Crippen molar-refractivity contribution in [2.24, 2.45) is 10.8 Å². The number of imidazole rings is 1. The summed E-state index contributed by atoms with van der Waals surface area (Å²) >= 11 is 0. The molecular weight excluding hydrogens is 376 g/mol. The van der Waals surface area contributed by atoms with Crippen molar-refractivity contribution in [1.29, 1.82) is 0 Å². The Morgan fingerprint density at radius 2 is 1.39 bits per heavy atom. The molecule has 6 rings (SSSR count). The van der Waals surface area contributed by atoms with E-state index in [9.17, 15) is 0 Å². The summed E-state index contributed by atoms with van der Waals surface area (Å²) in [6.45, 7) is 22.4. The van der Waals surface area contributed by atoms with E-state index < -0.39 is 0 Å². The maximum absolute atomic E-state index is 5.26. The molecule has 0 bridgehead atoms. The van der Waals surface area contributed by atoms with Crippen LogP contribution in [0.1, 0.15) is 79.0 Å². The van der Waals surface area contributed by atoms with Crippen LogP contribution < -0.4 is 0 Å². The highest BCUT2D eigenvalue weighted by Crippen LogP contribution is 2.76. The van der Waals surface area contributed by atoms with E-state index in [0.29, 0.717) is 0 Å². The summed E-state index contributed by atoms with van der Waals surface area (Å²) < 4.78 is 2.37. The SMILES string of the molecule is CC1(C)c2cc3nc4c5ccccc5ccn4c3c3c2C(C)(C1(C)C)C(C)(C)C3(C)C. The summed E-state index contributed by atoms with van der Waals surface area (Å²) in [5, 5.41) is 2.48. The lowest BCUT2D eigenvalue weighted by molar-refractivity contribution is -0.0103. The van der Waals surface area contributed by atoms with Gasteiger partial charge in [0.1, 0.15) is 5.65 Å². The fraction of sp³-hybridized carbons (Fsp3) is 0.483. The molecule has 2 aromatic carbocycles. The number of pyridine rings is 1. The molecule has 0 radical (unpaired) electrons. The second-order valence-electron chi connectivity index (χ2n) is 12.4. The Kier molecular flexibility index (Phi) is 3.12. The minimum absolute atomic E-state index is 0.0285. The van der Waals surface area contributed by atoms with Crippen LogP contribution in [0.25, 0.3) is 27.5 Å². The van der Waals surface area contributed by atoms with Crippen molar-refractivity contribution >= 4 is 27.5 Å². The van der Waals surface area contributed by atoms with E-state index in [1.165, 1.54) is 27.4 Å². The van der Waals surface area contributed by atoms with Gasteiger partial charge in [-0.2, -0.15) is 0 Å². The van der Waals surface area contributed by atoms with Crippen molar-refractivity contribution in [1.82, 2.24) is 9.38 Å². The largest absolute Gasteiger partial charge is 0.299 e. The quantitative estimate of drug-likeness (QED) is 0.293. The lowest BCUT2D eigenvalue weighted by Crippen LogP contribution is -2.55. The van der Waals surface area contributed by atoms with Crippen molar-refractivity contribution in [3.8, 4) is 0 Å². The normalized spacial score (nSPS) is 26.7. The summed E-state index contributed by atoms with van der Waals surface area (Å²) in [7, 11) is 0. The molecule has 0 saturated carbocycles. The highest BCUT2D eigenvalue weighted by molar-refractivity contribution is 6.00. The Balaban J connectivity index is 1.90. The van der Waals surface area contributed by atoms with Crippen LogP contribution in [0.4, 0.5) is 0 Å². The van der Waals surface area contributed by atoms with Gasteiger partial charge < -0.3 is 0 Å². The van der Waals surface area contributed by atoms with Crippen molar-refractivity contribution in [3.05, 3.63) is 59.3 Å². The average Bonchev–Trinajstić information content (AvgIpc) is 3.18. The molecule has 2 aliphatic carbocycles. The third-order valence-corrected chi connectivity index (χ3v) is 11.0. The van der Waals surface area contributed by atoms with E-state index in [2.05, 4.69) is 109 Å². The van der Waals surface area contributed by atoms with Gasteiger partial charge in [-0.15, -0.1) is 0 Å². The van der Waals surface area contributed by atoms with Crippen molar-refractivity contribution in [3.63, 3.8) is 0 Å². The van der Waals surface area contributed by atoms with Gasteiger partial charge in [-0.1, -0.05) is 86.6 Å². The van der Waals surface area contributed by atoms with Gasteiger partial charge in [0.25, 0.3) is 0 Å². The summed E-state index contributed by atoms with van der Waals surface area (Å²) in [4.78, 5) is 5.26. The van der Waals surface area contributed by atoms with Gasteiger partial charge in [0.05, 0.1) is 11.0 Å². The highest BCUT2D eigenvalue weighted by atomic mass is 15.0. The molecule has 160 valence electrons. The first-order valence-electron chi connectivity index (χ1n) is 11.7. The summed E-state index contributed by atoms with van der Waals surface area (Å²) in [5.74, 6) is 0. The minimum Gasteiger partial charge on any atom is -0.299 e. The molecule has 4 aromatic rings. The lowest BCUT2D eigenvalue weighted by Gasteiger charge is -2.56. The number of fused-ring (bicyclic) bond motifs is 6. The zero-order chi connectivity index (χ0) is 22.4. The van der Waals surface area contributed by atoms with Crippen molar-refractivity contribution in [2.75, 3.05) is 0 Å². The molecule has 2 aliphatic rings. The summed E-state index contributed by atoms with van der Waals surface area (Å²) in [6.07, 6.45) is 2.24. The predicted octanol–water partition coefficient (Wildman–Crippen LogP) is 7.53. The van der Waals surface area contributed by atoms with Gasteiger partial charge in [0, 0.05) is 17.0 Å². The average molecular weight is 411 g/mol. The Morgan fingerprint density at radius 1 is 0.742 bits per heavy atom. The van der Waals surface area contributed by atoms with E-state index in [-0.39, 0.29) is 27.1 Å². The standard InChI is InChI=1S/C29H34N2/c1-25(2)19-16-20-23(31-15-14-17-12-10-11-13-18(17)24(31)30-20)22-21(19)29(9,27(25,5)6)28(7,8)26(22,3)4/h10-16H,1-9H3. The molecule has 2 heterocycles. The molecule has 0 saturated heterocycles. The number of rotatable bonds is 0. The second-order valence-corrected chi connectivity index (χ2v) is 12.4. The van der Waals surface area contributed by atoms with Gasteiger partial charge in [0.15, 0.2) is 0 Å². The molecule has 0 spiro atoms. The molecule has 0 N–H and O–H groups in total. The van der Waals surface area contributed by atoms with E-state index >= 15 is 0 Å². The molecule has 2 nitrogen and oxygen atoms in total. The molecule has 0 fully saturated rings. The van der Waals surface area contributed by atoms with Gasteiger partial charge >= 0.3 is 0 Å². The number of hydrogen-bond donors (Lipinski definition) is 0. The zero-order valence-corrected chi connectivity index (χ0v) is 20.4.